The van der Waals surface area contributed by atoms with Crippen LogP contribution in [0.3, 0.4) is 0 Å². The highest BCUT2D eigenvalue weighted by Crippen LogP contribution is 2.14. The summed E-state index contributed by atoms with van der Waals surface area (Å²) >= 11 is 5.97. The SMILES string of the molecule is CC(C)OCC(N)Cc1ccncc1Cl. The minimum atomic E-state index is -0.0210. The minimum Gasteiger partial charge on any atom is -0.377 e. The van der Waals surface area contributed by atoms with Gasteiger partial charge in [-0.15, -0.1) is 0 Å². The van der Waals surface area contributed by atoms with Crippen molar-refractivity contribution in [3.05, 3.63) is 29.0 Å². The highest BCUT2D eigenvalue weighted by atomic mass is 35.5. The first kappa shape index (κ1) is 12.4. The molecule has 0 fully saturated rings. The maximum absolute atomic E-state index is 5.97. The van der Waals surface area contributed by atoms with Crippen molar-refractivity contribution >= 4 is 11.6 Å². The molecule has 0 saturated heterocycles. The third-order valence-electron chi connectivity index (χ3n) is 1.98. The third kappa shape index (κ3) is 4.60. The summed E-state index contributed by atoms with van der Waals surface area (Å²) in [4.78, 5) is 3.92. The summed E-state index contributed by atoms with van der Waals surface area (Å²) in [7, 11) is 0. The van der Waals surface area contributed by atoms with Crippen molar-refractivity contribution in [2.24, 2.45) is 5.73 Å². The number of hydrogen-bond acceptors (Lipinski definition) is 3. The van der Waals surface area contributed by atoms with Crippen LogP contribution in [0.5, 0.6) is 0 Å². The first-order chi connectivity index (χ1) is 7.09. The van der Waals surface area contributed by atoms with Gasteiger partial charge in [0.2, 0.25) is 0 Å². The van der Waals surface area contributed by atoms with Crippen LogP contribution in [-0.4, -0.2) is 23.7 Å². The summed E-state index contributed by atoms with van der Waals surface area (Å²) < 4.78 is 5.43. The van der Waals surface area contributed by atoms with E-state index in [4.69, 9.17) is 22.1 Å². The molecule has 0 saturated carbocycles. The second-order valence-electron chi connectivity index (χ2n) is 3.81. The lowest BCUT2D eigenvalue weighted by molar-refractivity contribution is 0.0684. The first-order valence-electron chi connectivity index (χ1n) is 5.05. The number of nitrogens with zero attached hydrogens (tertiary/aromatic N) is 1. The van der Waals surface area contributed by atoms with Gasteiger partial charge in [-0.3, -0.25) is 4.98 Å². The van der Waals surface area contributed by atoms with Crippen LogP contribution < -0.4 is 5.73 Å². The van der Waals surface area contributed by atoms with E-state index in [1.807, 2.05) is 19.9 Å². The van der Waals surface area contributed by atoms with Gasteiger partial charge in [0.1, 0.15) is 0 Å². The molecule has 1 unspecified atom stereocenters. The van der Waals surface area contributed by atoms with Crippen molar-refractivity contribution in [2.45, 2.75) is 32.4 Å². The van der Waals surface area contributed by atoms with Crippen LogP contribution in [0.25, 0.3) is 0 Å². The van der Waals surface area contributed by atoms with Gasteiger partial charge in [0.15, 0.2) is 0 Å². The Hall–Kier alpha value is -0.640. The largest absolute Gasteiger partial charge is 0.377 e. The zero-order chi connectivity index (χ0) is 11.3. The maximum Gasteiger partial charge on any atom is 0.0624 e. The molecule has 1 rings (SSSR count). The van der Waals surface area contributed by atoms with E-state index >= 15 is 0 Å². The van der Waals surface area contributed by atoms with Crippen LogP contribution in [0.1, 0.15) is 19.4 Å². The molecule has 0 aliphatic rings. The van der Waals surface area contributed by atoms with Crippen molar-refractivity contribution in [1.29, 1.82) is 0 Å². The van der Waals surface area contributed by atoms with Crippen LogP contribution in [0.4, 0.5) is 0 Å². The van der Waals surface area contributed by atoms with E-state index in [1.165, 1.54) is 0 Å². The fourth-order valence-electron chi connectivity index (χ4n) is 1.23. The number of pyridine rings is 1. The number of nitrogens with two attached hydrogens (primary N) is 1. The Kier molecular flexibility index (Phi) is 5.02. The van der Waals surface area contributed by atoms with Gasteiger partial charge in [-0.2, -0.15) is 0 Å². The molecule has 0 aromatic carbocycles. The van der Waals surface area contributed by atoms with E-state index < -0.39 is 0 Å². The zero-order valence-corrected chi connectivity index (χ0v) is 9.87. The molecule has 1 atom stereocenters. The van der Waals surface area contributed by atoms with Crippen LogP contribution in [0.2, 0.25) is 5.02 Å². The van der Waals surface area contributed by atoms with Crippen LogP contribution in [0, 0.1) is 0 Å². The van der Waals surface area contributed by atoms with E-state index in [1.54, 1.807) is 12.4 Å². The Balaban J connectivity index is 2.44. The van der Waals surface area contributed by atoms with Gasteiger partial charge in [0.25, 0.3) is 0 Å². The summed E-state index contributed by atoms with van der Waals surface area (Å²) in [5, 5.41) is 0.664. The van der Waals surface area contributed by atoms with Crippen molar-refractivity contribution in [2.75, 3.05) is 6.61 Å². The molecule has 0 bridgehead atoms. The molecule has 4 heteroatoms. The second-order valence-corrected chi connectivity index (χ2v) is 4.22. The second kappa shape index (κ2) is 6.05. The number of halogens is 1. The Labute approximate surface area is 95.6 Å². The Morgan fingerprint density at radius 1 is 1.53 bits per heavy atom. The van der Waals surface area contributed by atoms with E-state index in [0.29, 0.717) is 18.1 Å². The quantitative estimate of drug-likeness (QED) is 0.839. The lowest BCUT2D eigenvalue weighted by atomic mass is 10.1. The third-order valence-corrected chi connectivity index (χ3v) is 2.32. The highest BCUT2D eigenvalue weighted by Gasteiger charge is 2.08. The van der Waals surface area contributed by atoms with Gasteiger partial charge in [-0.05, 0) is 31.9 Å². The van der Waals surface area contributed by atoms with Gasteiger partial charge in [0.05, 0.1) is 17.7 Å². The molecule has 2 N–H and O–H groups in total. The van der Waals surface area contributed by atoms with Crippen LogP contribution in [0.15, 0.2) is 18.5 Å². The standard InChI is InChI=1S/C11H17ClN2O/c1-8(2)15-7-10(13)5-9-3-4-14-6-11(9)12/h3-4,6,8,10H,5,7,13H2,1-2H3. The molecule has 1 heterocycles. The predicted octanol–water partition coefficient (Wildman–Crippen LogP) is 2.03. The molecule has 0 amide bonds. The molecule has 0 radical (unpaired) electrons. The monoisotopic (exact) mass is 228 g/mol. The van der Waals surface area contributed by atoms with Gasteiger partial charge < -0.3 is 10.5 Å². The molecule has 1 aromatic rings. The van der Waals surface area contributed by atoms with Crippen molar-refractivity contribution in [1.82, 2.24) is 4.98 Å². The highest BCUT2D eigenvalue weighted by molar-refractivity contribution is 6.31. The molecular weight excluding hydrogens is 212 g/mol. The minimum absolute atomic E-state index is 0.0210. The lowest BCUT2D eigenvalue weighted by Gasteiger charge is -2.14. The van der Waals surface area contributed by atoms with Crippen molar-refractivity contribution in [3.8, 4) is 0 Å². The van der Waals surface area contributed by atoms with E-state index in [9.17, 15) is 0 Å². The summed E-state index contributed by atoms with van der Waals surface area (Å²) in [6.45, 7) is 4.54. The smallest absolute Gasteiger partial charge is 0.0624 e. The Morgan fingerprint density at radius 2 is 2.27 bits per heavy atom. The first-order valence-corrected chi connectivity index (χ1v) is 5.43. The molecule has 15 heavy (non-hydrogen) atoms. The summed E-state index contributed by atoms with van der Waals surface area (Å²) in [5.41, 5.74) is 6.94. The fraction of sp³-hybridized carbons (Fsp3) is 0.545. The summed E-state index contributed by atoms with van der Waals surface area (Å²) in [5.74, 6) is 0. The number of ether oxygens (including phenoxy) is 1. The molecule has 1 aromatic heterocycles. The maximum atomic E-state index is 5.97. The van der Waals surface area contributed by atoms with Gasteiger partial charge >= 0.3 is 0 Å². The Bertz CT molecular complexity index is 304. The van der Waals surface area contributed by atoms with E-state index in [0.717, 1.165) is 5.56 Å². The molecule has 3 nitrogen and oxygen atoms in total. The van der Waals surface area contributed by atoms with Crippen molar-refractivity contribution < 1.29 is 4.74 Å². The van der Waals surface area contributed by atoms with Crippen LogP contribution >= 0.6 is 11.6 Å². The molecule has 84 valence electrons. The van der Waals surface area contributed by atoms with Gasteiger partial charge in [-0.1, -0.05) is 11.6 Å². The van der Waals surface area contributed by atoms with Crippen LogP contribution in [-0.2, 0) is 11.2 Å². The van der Waals surface area contributed by atoms with Crippen molar-refractivity contribution in [3.63, 3.8) is 0 Å². The lowest BCUT2D eigenvalue weighted by Crippen LogP contribution is -2.30. The normalized spacial score (nSPS) is 13.1. The Morgan fingerprint density at radius 3 is 2.87 bits per heavy atom. The summed E-state index contributed by atoms with van der Waals surface area (Å²) in [6, 6.07) is 1.87. The number of aromatic nitrogens is 1. The average molecular weight is 229 g/mol. The molecular formula is C11H17ClN2O. The fourth-order valence-corrected chi connectivity index (χ4v) is 1.42. The zero-order valence-electron chi connectivity index (χ0n) is 9.11. The number of rotatable bonds is 5. The molecule has 0 aliphatic heterocycles. The van der Waals surface area contributed by atoms with Gasteiger partial charge in [0, 0.05) is 18.4 Å². The van der Waals surface area contributed by atoms with Gasteiger partial charge in [-0.25, -0.2) is 0 Å². The summed E-state index contributed by atoms with van der Waals surface area (Å²) in [6.07, 6.45) is 4.28. The number of hydrogen-bond donors (Lipinski definition) is 1. The molecule has 0 spiro atoms. The topological polar surface area (TPSA) is 48.1 Å². The van der Waals surface area contributed by atoms with E-state index in [2.05, 4.69) is 4.98 Å². The van der Waals surface area contributed by atoms with E-state index in [-0.39, 0.29) is 12.1 Å². The average Bonchev–Trinajstić information content (AvgIpc) is 2.18. The molecule has 0 aliphatic carbocycles. The predicted molar refractivity (Wildman–Crippen MR) is 62.0 cm³/mol.